The summed E-state index contributed by atoms with van der Waals surface area (Å²) in [6.45, 7) is 3.08. The van der Waals surface area contributed by atoms with E-state index in [0.717, 1.165) is 6.61 Å². The average Bonchev–Trinajstić information content (AvgIpc) is 1.64. The summed E-state index contributed by atoms with van der Waals surface area (Å²) in [6.07, 6.45) is 0. The first-order valence-electron chi connectivity index (χ1n) is 3.13. The van der Waals surface area contributed by atoms with Crippen LogP contribution in [0.1, 0.15) is 8.29 Å². The lowest BCUT2D eigenvalue weighted by atomic mass is 10.3. The van der Waals surface area contributed by atoms with Gasteiger partial charge in [-0.2, -0.15) is 0 Å². The highest BCUT2D eigenvalue weighted by Crippen LogP contribution is 1.88. The highest BCUT2D eigenvalue weighted by Gasteiger charge is 2.04. The average molecular weight is 102 g/mol. The van der Waals surface area contributed by atoms with Crippen molar-refractivity contribution >= 4 is 0 Å². The van der Waals surface area contributed by atoms with E-state index in [4.69, 9.17) is 6.11 Å². The molecule has 1 aliphatic rings. The summed E-state index contributed by atoms with van der Waals surface area (Å²) in [4.78, 5) is 0. The normalized spacial score (nSPS) is 45.6. The number of ether oxygens (including phenoxy) is 1. The molecular weight excluding hydrogens is 90.1 g/mol. The zero-order chi connectivity index (χ0) is 5.98. The van der Waals surface area contributed by atoms with Gasteiger partial charge in [0.25, 0.3) is 0 Å². The molecule has 1 heterocycles. The number of nitrogens with one attached hydrogen (secondary N) is 1. The summed E-state index contributed by atoms with van der Waals surface area (Å²) in [5.41, 5.74) is 0. The van der Waals surface area contributed by atoms with Crippen molar-refractivity contribution in [3.63, 3.8) is 0 Å². The van der Waals surface area contributed by atoms with E-state index in [0.29, 0.717) is 12.6 Å². The van der Waals surface area contributed by atoms with E-state index in [1.54, 1.807) is 0 Å². The van der Waals surface area contributed by atoms with Gasteiger partial charge in [-0.1, -0.05) is 0 Å². The third-order valence-corrected chi connectivity index (χ3v) is 0.971. The van der Waals surface area contributed by atoms with Crippen molar-refractivity contribution < 1.29 is 6.11 Å². The van der Waals surface area contributed by atoms with Gasteiger partial charge in [0.1, 0.15) is 0 Å². The van der Waals surface area contributed by atoms with E-state index in [1.807, 2.05) is 6.92 Å². The lowest BCUT2D eigenvalue weighted by Crippen LogP contribution is -2.38. The molecule has 2 atom stereocenters. The van der Waals surface area contributed by atoms with Crippen molar-refractivity contribution in [2.24, 2.45) is 0 Å². The molecule has 1 aliphatic heterocycles. The van der Waals surface area contributed by atoms with Crippen LogP contribution in [0.3, 0.4) is 0 Å². The van der Waals surface area contributed by atoms with Crippen molar-refractivity contribution in [3.8, 4) is 0 Å². The molecule has 1 N–H and O–H groups in total. The van der Waals surface area contributed by atoms with Gasteiger partial charge in [-0.05, 0) is 6.92 Å². The third-order valence-electron chi connectivity index (χ3n) is 0.971. The molecule has 2 nitrogen and oxygen atoms in total. The minimum atomic E-state index is -0.209. The van der Waals surface area contributed by atoms with Crippen molar-refractivity contribution in [3.05, 3.63) is 0 Å². The molecule has 0 aromatic carbocycles. The minimum absolute atomic E-state index is 0.209. The first-order chi connectivity index (χ1) is 3.79. The summed E-state index contributed by atoms with van der Waals surface area (Å²) in [6, 6.07) is 0.353. The maximum Gasteiger partial charge on any atom is 0.0617 e. The molecule has 42 valence electrons. The minimum Gasteiger partial charge on any atom is -0.379 e. The monoisotopic (exact) mass is 102 g/mol. The Labute approximate surface area is 45.3 Å². The second-order valence-electron chi connectivity index (χ2n) is 1.81. The fourth-order valence-corrected chi connectivity index (χ4v) is 0.601. The smallest absolute Gasteiger partial charge is 0.0617 e. The Hall–Kier alpha value is -0.0800. The molecule has 1 saturated heterocycles. The summed E-state index contributed by atoms with van der Waals surface area (Å²) in [5.74, 6) is 0. The topological polar surface area (TPSA) is 21.3 Å². The molecule has 0 aromatic rings. The molecule has 1 rings (SSSR count). The zero-order valence-electron chi connectivity index (χ0n) is 5.48. The van der Waals surface area contributed by atoms with Gasteiger partial charge >= 0.3 is 0 Å². The van der Waals surface area contributed by atoms with Crippen LogP contribution in [0.4, 0.5) is 0 Å². The molecule has 0 bridgehead atoms. The summed E-state index contributed by atoms with van der Waals surface area (Å²) >= 11 is 0. The molecule has 0 aliphatic carbocycles. The van der Waals surface area contributed by atoms with Gasteiger partial charge in [-0.15, -0.1) is 0 Å². The third kappa shape index (κ3) is 1.45. The van der Waals surface area contributed by atoms with E-state index in [2.05, 4.69) is 5.32 Å². The Morgan fingerprint density at radius 2 is 2.86 bits per heavy atom. The molecule has 0 radical (unpaired) electrons. The van der Waals surface area contributed by atoms with Crippen LogP contribution in [-0.4, -0.2) is 25.8 Å². The standard InChI is InChI=1S/C5H11NO/c1-5-4-7-3-2-6-5/h5-6H,2-4H2,1H3/i2D. The molecule has 2 heteroatoms. The molecule has 0 amide bonds. The SMILES string of the molecule is [2H]C1COCC(C)N1. The number of morpholine rings is 1. The highest BCUT2D eigenvalue weighted by atomic mass is 16.5. The first-order valence-corrected chi connectivity index (χ1v) is 2.55. The Morgan fingerprint density at radius 1 is 2.00 bits per heavy atom. The van der Waals surface area contributed by atoms with E-state index in [9.17, 15) is 0 Å². The lowest BCUT2D eigenvalue weighted by molar-refractivity contribution is 0.0824. The van der Waals surface area contributed by atoms with Gasteiger partial charge in [0.2, 0.25) is 0 Å². The largest absolute Gasteiger partial charge is 0.379 e. The predicted molar refractivity (Wildman–Crippen MR) is 28.3 cm³/mol. The maximum absolute atomic E-state index is 7.17. The van der Waals surface area contributed by atoms with Gasteiger partial charge in [-0.25, -0.2) is 0 Å². The van der Waals surface area contributed by atoms with Crippen LogP contribution < -0.4 is 5.32 Å². The van der Waals surface area contributed by atoms with Gasteiger partial charge in [0, 0.05) is 13.9 Å². The van der Waals surface area contributed by atoms with Gasteiger partial charge in [0.15, 0.2) is 0 Å². The van der Waals surface area contributed by atoms with Crippen LogP contribution in [0.5, 0.6) is 0 Å². The van der Waals surface area contributed by atoms with Crippen molar-refractivity contribution in [1.29, 1.82) is 0 Å². The van der Waals surface area contributed by atoms with E-state index >= 15 is 0 Å². The maximum atomic E-state index is 7.17. The fraction of sp³-hybridized carbons (Fsp3) is 1.00. The first kappa shape index (κ1) is 3.87. The van der Waals surface area contributed by atoms with E-state index in [1.165, 1.54) is 0 Å². The van der Waals surface area contributed by atoms with Crippen LogP contribution in [0, 0.1) is 0 Å². The Balaban J connectivity index is 2.23. The molecular formula is C5H11NO. The van der Waals surface area contributed by atoms with E-state index < -0.39 is 0 Å². The van der Waals surface area contributed by atoms with Gasteiger partial charge < -0.3 is 10.1 Å². The van der Waals surface area contributed by atoms with Crippen LogP contribution in [0.15, 0.2) is 0 Å². The Morgan fingerprint density at radius 3 is 3.29 bits per heavy atom. The Kier molecular flexibility index (Phi) is 1.26. The van der Waals surface area contributed by atoms with Crippen molar-refractivity contribution in [1.82, 2.24) is 5.32 Å². The van der Waals surface area contributed by atoms with Gasteiger partial charge in [0.05, 0.1) is 13.2 Å². The van der Waals surface area contributed by atoms with Crippen LogP contribution >= 0.6 is 0 Å². The number of hydrogen-bond donors (Lipinski definition) is 1. The van der Waals surface area contributed by atoms with Crippen LogP contribution in [0.2, 0.25) is 0 Å². The van der Waals surface area contributed by atoms with Crippen LogP contribution in [0.25, 0.3) is 0 Å². The quantitative estimate of drug-likeness (QED) is 0.464. The highest BCUT2D eigenvalue weighted by molar-refractivity contribution is 4.62. The number of rotatable bonds is 0. The second kappa shape index (κ2) is 2.28. The zero-order valence-corrected chi connectivity index (χ0v) is 4.48. The molecule has 1 fully saturated rings. The Bertz CT molecular complexity index is 70.8. The van der Waals surface area contributed by atoms with Crippen LogP contribution in [-0.2, 0) is 4.74 Å². The molecule has 2 unspecified atom stereocenters. The number of hydrogen-bond acceptors (Lipinski definition) is 2. The second-order valence-corrected chi connectivity index (χ2v) is 1.81. The lowest BCUT2D eigenvalue weighted by Gasteiger charge is -2.19. The van der Waals surface area contributed by atoms with E-state index in [-0.39, 0.29) is 6.52 Å². The molecule has 7 heavy (non-hydrogen) atoms. The summed E-state index contributed by atoms with van der Waals surface area (Å²) < 4.78 is 12.2. The van der Waals surface area contributed by atoms with Crippen molar-refractivity contribution in [2.75, 3.05) is 19.7 Å². The summed E-state index contributed by atoms with van der Waals surface area (Å²) in [5, 5.41) is 3.02. The van der Waals surface area contributed by atoms with Gasteiger partial charge in [-0.3, -0.25) is 0 Å². The fourth-order valence-electron chi connectivity index (χ4n) is 0.601. The summed E-state index contributed by atoms with van der Waals surface area (Å²) in [7, 11) is 0. The molecule has 0 spiro atoms. The predicted octanol–water partition coefficient (Wildman–Crippen LogP) is -0.00530. The van der Waals surface area contributed by atoms with Crippen molar-refractivity contribution in [2.45, 2.75) is 13.0 Å². The molecule has 0 saturated carbocycles. The molecule has 0 aromatic heterocycles.